The van der Waals surface area contributed by atoms with E-state index in [2.05, 4.69) is 50.0 Å². The minimum Gasteiger partial charge on any atom is -0.374 e. The van der Waals surface area contributed by atoms with Gasteiger partial charge in [0, 0.05) is 30.1 Å². The lowest BCUT2D eigenvalue weighted by molar-refractivity contribution is 0.0561. The summed E-state index contributed by atoms with van der Waals surface area (Å²) in [6, 6.07) is 0. The average Bonchev–Trinajstić information content (AvgIpc) is 3.62. The summed E-state index contributed by atoms with van der Waals surface area (Å²) in [6.45, 7) is 10.6. The Morgan fingerprint density at radius 1 is 0.622 bits per heavy atom. The molecule has 2 aliphatic carbocycles. The van der Waals surface area contributed by atoms with Gasteiger partial charge in [-0.3, -0.25) is 0 Å². The third-order valence-corrected chi connectivity index (χ3v) is 20.6. The lowest BCUT2D eigenvalue weighted by Gasteiger charge is -2.42. The molecule has 0 saturated heterocycles. The Labute approximate surface area is 297 Å². The molecule has 266 valence electrons. The van der Waals surface area contributed by atoms with Crippen LogP contribution in [0, 0.1) is 5.92 Å². The van der Waals surface area contributed by atoms with Crippen LogP contribution in [0.5, 0.6) is 0 Å². The van der Waals surface area contributed by atoms with Crippen molar-refractivity contribution in [1.29, 1.82) is 0 Å². The predicted octanol–water partition coefficient (Wildman–Crippen LogP) is 14.8. The molecule has 2 rings (SSSR count). The standard InChI is InChI=1S/C37H72O3S4Si/c1-5-9-10-11-12-13-14-15-16-17-18-19-20-21-22-23-24-25-26-27-28-29-32-41-43-44-42-37-31-30-35(34-37)33-36(37)45(38-6-2,39-7-3)40-8-4/h29,32,35-36H,5-28,30-31,33-34H2,1-4H3. The van der Waals surface area contributed by atoms with Gasteiger partial charge < -0.3 is 13.3 Å². The molecule has 2 fully saturated rings. The van der Waals surface area contributed by atoms with Crippen LogP contribution in [0.2, 0.25) is 5.54 Å². The van der Waals surface area contributed by atoms with Crippen LogP contribution in [0.4, 0.5) is 0 Å². The average molecular weight is 721 g/mol. The Morgan fingerprint density at radius 2 is 1.09 bits per heavy atom. The highest BCUT2D eigenvalue weighted by Gasteiger charge is 2.65. The first kappa shape index (κ1) is 42.4. The van der Waals surface area contributed by atoms with Gasteiger partial charge >= 0.3 is 8.80 Å². The fourth-order valence-electron chi connectivity index (χ4n) is 7.58. The van der Waals surface area contributed by atoms with Crippen molar-refractivity contribution < 1.29 is 13.3 Å². The highest BCUT2D eigenvalue weighted by molar-refractivity contribution is 9.26. The Hall–Kier alpha value is 1.24. The van der Waals surface area contributed by atoms with Gasteiger partial charge in [0.25, 0.3) is 0 Å². The normalized spacial score (nSPS) is 21.5. The van der Waals surface area contributed by atoms with Crippen LogP contribution in [0.15, 0.2) is 11.5 Å². The summed E-state index contributed by atoms with van der Waals surface area (Å²) in [6.07, 6.45) is 37.7. The summed E-state index contributed by atoms with van der Waals surface area (Å²) in [5, 5.41) is 2.31. The largest absolute Gasteiger partial charge is 0.505 e. The van der Waals surface area contributed by atoms with Gasteiger partial charge in [0.15, 0.2) is 0 Å². The maximum atomic E-state index is 6.38. The summed E-state index contributed by atoms with van der Waals surface area (Å²) in [7, 11) is 5.20. The van der Waals surface area contributed by atoms with E-state index < -0.39 is 8.80 Å². The van der Waals surface area contributed by atoms with Crippen LogP contribution >= 0.6 is 41.2 Å². The summed E-state index contributed by atoms with van der Waals surface area (Å²) >= 11 is 0. The van der Waals surface area contributed by atoms with Gasteiger partial charge in [0.1, 0.15) is 0 Å². The number of fused-ring (bicyclic) bond motifs is 2. The van der Waals surface area contributed by atoms with Crippen molar-refractivity contribution in [2.24, 2.45) is 5.92 Å². The molecular formula is C37H72O3S4Si. The summed E-state index contributed by atoms with van der Waals surface area (Å²) < 4.78 is 19.4. The second-order valence-corrected chi connectivity index (χ2v) is 22.4. The first-order chi connectivity index (χ1) is 22.2. The second kappa shape index (κ2) is 28.0. The van der Waals surface area contributed by atoms with Gasteiger partial charge in [0.05, 0.1) is 0 Å². The van der Waals surface area contributed by atoms with Crippen LogP contribution in [-0.4, -0.2) is 33.4 Å². The van der Waals surface area contributed by atoms with Crippen LogP contribution in [0.3, 0.4) is 0 Å². The van der Waals surface area contributed by atoms with E-state index in [0.717, 1.165) is 5.92 Å². The topological polar surface area (TPSA) is 27.7 Å². The number of hydrogen-bond donors (Lipinski definition) is 0. The van der Waals surface area contributed by atoms with E-state index in [1.54, 1.807) is 0 Å². The highest BCUT2D eigenvalue weighted by atomic mass is 33.7. The highest BCUT2D eigenvalue weighted by Crippen LogP contribution is 2.68. The molecule has 0 aromatic rings. The zero-order valence-electron chi connectivity index (χ0n) is 30.0. The van der Waals surface area contributed by atoms with E-state index >= 15 is 0 Å². The fourth-order valence-corrected chi connectivity index (χ4v) is 18.8. The van der Waals surface area contributed by atoms with Gasteiger partial charge in [-0.2, -0.15) is 0 Å². The van der Waals surface area contributed by atoms with Crippen molar-refractivity contribution in [3.63, 3.8) is 0 Å². The van der Waals surface area contributed by atoms with E-state index in [4.69, 9.17) is 13.3 Å². The van der Waals surface area contributed by atoms with Gasteiger partial charge in [-0.25, -0.2) is 0 Å². The van der Waals surface area contributed by atoms with Crippen molar-refractivity contribution in [1.82, 2.24) is 0 Å². The lowest BCUT2D eigenvalue weighted by Crippen LogP contribution is -2.55. The summed E-state index contributed by atoms with van der Waals surface area (Å²) in [5.41, 5.74) is 0.432. The quantitative estimate of drug-likeness (QED) is 0.0378. The molecule has 45 heavy (non-hydrogen) atoms. The predicted molar refractivity (Wildman–Crippen MR) is 211 cm³/mol. The monoisotopic (exact) mass is 720 g/mol. The van der Waals surface area contributed by atoms with Crippen LogP contribution < -0.4 is 0 Å². The number of unbranched alkanes of at least 4 members (excludes halogenated alkanes) is 20. The summed E-state index contributed by atoms with van der Waals surface area (Å²) in [5.74, 6) is 0.818. The smallest absolute Gasteiger partial charge is 0.374 e. The Kier molecular flexibility index (Phi) is 26.4. The van der Waals surface area contributed by atoms with E-state index in [-0.39, 0.29) is 4.75 Å². The third kappa shape index (κ3) is 17.6. The zero-order valence-corrected chi connectivity index (χ0v) is 34.2. The van der Waals surface area contributed by atoms with Gasteiger partial charge in [-0.1, -0.05) is 157 Å². The van der Waals surface area contributed by atoms with Crippen LogP contribution in [0.25, 0.3) is 0 Å². The molecular weight excluding hydrogens is 649 g/mol. The molecule has 0 aliphatic heterocycles. The molecule has 0 radical (unpaired) electrons. The number of hydrogen-bond acceptors (Lipinski definition) is 7. The molecule has 3 unspecified atom stereocenters. The van der Waals surface area contributed by atoms with Crippen molar-refractivity contribution in [2.75, 3.05) is 19.8 Å². The van der Waals surface area contributed by atoms with E-state index in [0.29, 0.717) is 25.4 Å². The maximum absolute atomic E-state index is 6.38. The number of allylic oxidation sites excluding steroid dienone is 1. The fraction of sp³-hybridized carbons (Fsp3) is 0.946. The first-order valence-electron chi connectivity index (χ1n) is 19.4. The van der Waals surface area contributed by atoms with Crippen LogP contribution in [0.1, 0.15) is 188 Å². The molecule has 0 aromatic carbocycles. The Bertz CT molecular complexity index is 698. The molecule has 2 saturated carbocycles. The van der Waals surface area contributed by atoms with Crippen LogP contribution in [-0.2, 0) is 13.3 Å². The minimum absolute atomic E-state index is 0.255. The molecule has 0 N–H and O–H groups in total. The molecule has 0 heterocycles. The van der Waals surface area contributed by atoms with Crippen molar-refractivity contribution in [3.05, 3.63) is 11.5 Å². The lowest BCUT2D eigenvalue weighted by atomic mass is 9.99. The Balaban J connectivity index is 1.39. The SMILES string of the molecule is CCCCCCCCCCCCCCCCCCCCCCC=CSSSSC12CCC(CC1[Si](OCC)(OCC)OCC)C2. The summed E-state index contributed by atoms with van der Waals surface area (Å²) in [4.78, 5) is 0. The molecule has 3 nitrogen and oxygen atoms in total. The zero-order chi connectivity index (χ0) is 32.3. The molecule has 2 bridgehead atoms. The van der Waals surface area contributed by atoms with E-state index in [1.807, 2.05) is 30.4 Å². The van der Waals surface area contributed by atoms with Crippen molar-refractivity contribution in [2.45, 2.75) is 199 Å². The molecule has 0 amide bonds. The molecule has 2 aliphatic rings. The van der Waals surface area contributed by atoms with Crippen molar-refractivity contribution >= 4 is 50.0 Å². The minimum atomic E-state index is -2.67. The molecule has 0 spiro atoms. The Morgan fingerprint density at radius 3 is 1.53 bits per heavy atom. The molecule has 3 atom stereocenters. The van der Waals surface area contributed by atoms with E-state index in [9.17, 15) is 0 Å². The van der Waals surface area contributed by atoms with Gasteiger partial charge in [-0.15, -0.1) is 0 Å². The second-order valence-electron chi connectivity index (χ2n) is 13.6. The number of rotatable bonds is 33. The van der Waals surface area contributed by atoms with Gasteiger partial charge in [0.2, 0.25) is 0 Å². The van der Waals surface area contributed by atoms with Gasteiger partial charge in [-0.05, 0) is 90.3 Å². The van der Waals surface area contributed by atoms with E-state index in [1.165, 1.54) is 161 Å². The first-order valence-corrected chi connectivity index (χ1v) is 26.1. The maximum Gasteiger partial charge on any atom is 0.505 e. The molecule has 0 aromatic heterocycles. The van der Waals surface area contributed by atoms with Crippen molar-refractivity contribution in [3.8, 4) is 0 Å². The third-order valence-electron chi connectivity index (χ3n) is 9.92. The molecule has 8 heteroatoms.